The maximum absolute atomic E-state index is 8.98. The van der Waals surface area contributed by atoms with Crippen LogP contribution < -0.4 is 0 Å². The number of hydrogen-bond donors (Lipinski definition) is 1. The van der Waals surface area contributed by atoms with E-state index >= 15 is 0 Å². The van der Waals surface area contributed by atoms with E-state index in [1.54, 1.807) is 12.1 Å². The van der Waals surface area contributed by atoms with Crippen LogP contribution in [-0.2, 0) is 6.42 Å². The van der Waals surface area contributed by atoms with E-state index in [0.29, 0.717) is 5.75 Å². The van der Waals surface area contributed by atoms with Crippen molar-refractivity contribution in [2.24, 2.45) is 11.8 Å². The van der Waals surface area contributed by atoms with Crippen LogP contribution in [0.1, 0.15) is 73.3 Å². The van der Waals surface area contributed by atoms with Crippen LogP contribution in [0.4, 0.5) is 0 Å². The highest BCUT2D eigenvalue weighted by Crippen LogP contribution is 2.11. The average molecular weight is 280 g/mol. The highest BCUT2D eigenvalue weighted by atomic mass is 16.3. The van der Waals surface area contributed by atoms with Gasteiger partial charge in [-0.25, -0.2) is 0 Å². The standard InChI is InChI=1S/C10H14O.C5H12.C4H10/c1-2-3-4-9-5-7-10(11)8-6-9;1-4-5(2)3;1-4(2)3/h5-8,11H,2-4H2,1H3;5H,4H2,1-3H3;4H,1-3H3. The fourth-order valence-electron chi connectivity index (χ4n) is 1.04. The predicted molar refractivity (Wildman–Crippen MR) is 92.4 cm³/mol. The second-order valence-electron chi connectivity index (χ2n) is 6.30. The van der Waals surface area contributed by atoms with Gasteiger partial charge in [-0.05, 0) is 42.4 Å². The van der Waals surface area contributed by atoms with Crippen LogP contribution in [0.3, 0.4) is 0 Å². The molecule has 0 atom stereocenters. The summed E-state index contributed by atoms with van der Waals surface area (Å²) >= 11 is 0. The summed E-state index contributed by atoms with van der Waals surface area (Å²) in [5, 5.41) is 8.98. The zero-order valence-corrected chi connectivity index (χ0v) is 14.7. The van der Waals surface area contributed by atoms with Gasteiger partial charge in [0, 0.05) is 0 Å². The van der Waals surface area contributed by atoms with Crippen molar-refractivity contribution in [1.29, 1.82) is 0 Å². The van der Waals surface area contributed by atoms with Crippen LogP contribution in [0, 0.1) is 11.8 Å². The van der Waals surface area contributed by atoms with Gasteiger partial charge in [0.25, 0.3) is 0 Å². The minimum atomic E-state index is 0.352. The fraction of sp³-hybridized carbons (Fsp3) is 0.684. The number of phenols is 1. The molecule has 0 saturated heterocycles. The van der Waals surface area contributed by atoms with Crippen LogP contribution in [-0.4, -0.2) is 5.11 Å². The lowest BCUT2D eigenvalue weighted by atomic mass is 10.1. The van der Waals surface area contributed by atoms with Crippen molar-refractivity contribution in [3.8, 4) is 5.75 Å². The van der Waals surface area contributed by atoms with Crippen molar-refractivity contribution in [2.75, 3.05) is 0 Å². The Morgan fingerprint density at radius 1 is 0.900 bits per heavy atom. The first-order valence-corrected chi connectivity index (χ1v) is 8.11. The van der Waals surface area contributed by atoms with Gasteiger partial charge in [0.05, 0.1) is 0 Å². The molecule has 0 unspecified atom stereocenters. The number of unbranched alkanes of at least 4 members (excludes halogenated alkanes) is 1. The second kappa shape index (κ2) is 14.4. The Morgan fingerprint density at radius 3 is 1.60 bits per heavy atom. The van der Waals surface area contributed by atoms with Gasteiger partial charge in [0.15, 0.2) is 0 Å². The van der Waals surface area contributed by atoms with Crippen molar-refractivity contribution in [3.05, 3.63) is 29.8 Å². The van der Waals surface area contributed by atoms with E-state index in [4.69, 9.17) is 5.11 Å². The van der Waals surface area contributed by atoms with E-state index in [9.17, 15) is 0 Å². The first-order valence-electron chi connectivity index (χ1n) is 8.11. The third-order valence-electron chi connectivity index (χ3n) is 2.57. The van der Waals surface area contributed by atoms with E-state index in [2.05, 4.69) is 48.5 Å². The maximum Gasteiger partial charge on any atom is 0.115 e. The van der Waals surface area contributed by atoms with Crippen LogP contribution in [0.15, 0.2) is 24.3 Å². The van der Waals surface area contributed by atoms with Gasteiger partial charge in [-0.1, -0.05) is 73.4 Å². The molecule has 0 aromatic heterocycles. The summed E-state index contributed by atoms with van der Waals surface area (Å²) in [4.78, 5) is 0. The summed E-state index contributed by atoms with van der Waals surface area (Å²) in [6.07, 6.45) is 4.88. The van der Waals surface area contributed by atoms with Gasteiger partial charge in [-0.15, -0.1) is 0 Å². The normalized spacial score (nSPS) is 9.65. The van der Waals surface area contributed by atoms with Crippen molar-refractivity contribution < 1.29 is 5.11 Å². The quantitative estimate of drug-likeness (QED) is 0.672. The highest BCUT2D eigenvalue weighted by molar-refractivity contribution is 5.25. The van der Waals surface area contributed by atoms with Crippen LogP contribution >= 0.6 is 0 Å². The molecule has 0 aliphatic rings. The molecule has 118 valence electrons. The third-order valence-corrected chi connectivity index (χ3v) is 2.57. The number of aryl methyl sites for hydroxylation is 1. The SMILES string of the molecule is CC(C)C.CCC(C)C.CCCCc1ccc(O)cc1. The fourth-order valence-corrected chi connectivity index (χ4v) is 1.04. The molecule has 0 spiro atoms. The average Bonchev–Trinajstić information content (AvgIpc) is 2.38. The van der Waals surface area contributed by atoms with E-state index in [1.807, 2.05) is 12.1 Å². The molecule has 0 amide bonds. The van der Waals surface area contributed by atoms with Crippen LogP contribution in [0.25, 0.3) is 0 Å². The van der Waals surface area contributed by atoms with Crippen LogP contribution in [0.2, 0.25) is 0 Å². The van der Waals surface area contributed by atoms with Gasteiger partial charge < -0.3 is 5.11 Å². The summed E-state index contributed by atoms with van der Waals surface area (Å²) in [5.41, 5.74) is 1.31. The minimum absolute atomic E-state index is 0.352. The lowest BCUT2D eigenvalue weighted by Gasteiger charge is -1.98. The molecule has 0 aliphatic heterocycles. The summed E-state index contributed by atoms with van der Waals surface area (Å²) in [6.45, 7) is 15.3. The zero-order chi connectivity index (χ0) is 16.0. The van der Waals surface area contributed by atoms with Crippen molar-refractivity contribution in [2.45, 2.75) is 74.1 Å². The van der Waals surface area contributed by atoms with E-state index in [0.717, 1.165) is 18.3 Å². The smallest absolute Gasteiger partial charge is 0.115 e. The van der Waals surface area contributed by atoms with E-state index < -0.39 is 0 Å². The monoisotopic (exact) mass is 280 g/mol. The van der Waals surface area contributed by atoms with Gasteiger partial charge >= 0.3 is 0 Å². The molecule has 1 N–H and O–H groups in total. The largest absolute Gasteiger partial charge is 0.508 e. The van der Waals surface area contributed by atoms with Gasteiger partial charge in [0.1, 0.15) is 5.75 Å². The number of phenolic OH excluding ortho intramolecular Hbond substituents is 1. The van der Waals surface area contributed by atoms with Gasteiger partial charge in [-0.2, -0.15) is 0 Å². The molecule has 1 heteroatoms. The molecule has 0 fully saturated rings. The second-order valence-corrected chi connectivity index (χ2v) is 6.30. The first-order chi connectivity index (χ1) is 9.33. The Labute approximate surface area is 127 Å². The molecule has 0 saturated carbocycles. The van der Waals surface area contributed by atoms with Crippen molar-refractivity contribution >= 4 is 0 Å². The Kier molecular flexibility index (Phi) is 15.4. The topological polar surface area (TPSA) is 20.2 Å². The maximum atomic E-state index is 8.98. The highest BCUT2D eigenvalue weighted by Gasteiger charge is 1.91. The van der Waals surface area contributed by atoms with Crippen molar-refractivity contribution in [1.82, 2.24) is 0 Å². The van der Waals surface area contributed by atoms with Crippen LogP contribution in [0.5, 0.6) is 5.75 Å². The number of hydrogen-bond acceptors (Lipinski definition) is 1. The Balaban J connectivity index is 0. The summed E-state index contributed by atoms with van der Waals surface area (Å²) in [6, 6.07) is 7.44. The minimum Gasteiger partial charge on any atom is -0.508 e. The molecule has 1 rings (SSSR count). The van der Waals surface area contributed by atoms with E-state index in [1.165, 1.54) is 24.8 Å². The molecule has 0 heterocycles. The lowest BCUT2D eigenvalue weighted by molar-refractivity contribution is 0.475. The predicted octanol–water partition coefficient (Wildman–Crippen LogP) is 6.45. The first kappa shape index (κ1) is 21.3. The Morgan fingerprint density at radius 2 is 1.30 bits per heavy atom. The van der Waals surface area contributed by atoms with Gasteiger partial charge in [-0.3, -0.25) is 0 Å². The zero-order valence-electron chi connectivity index (χ0n) is 14.7. The molecular formula is C19H36O. The third kappa shape index (κ3) is 19.4. The summed E-state index contributed by atoms with van der Waals surface area (Å²) in [5.74, 6) is 2.07. The molecule has 1 nitrogen and oxygen atoms in total. The molecule has 20 heavy (non-hydrogen) atoms. The summed E-state index contributed by atoms with van der Waals surface area (Å²) < 4.78 is 0. The number of aromatic hydroxyl groups is 1. The molecule has 0 aliphatic carbocycles. The molecule has 0 bridgehead atoms. The van der Waals surface area contributed by atoms with Crippen molar-refractivity contribution in [3.63, 3.8) is 0 Å². The molecular weight excluding hydrogens is 244 g/mol. The molecule has 1 aromatic carbocycles. The Bertz CT molecular complexity index is 282. The Hall–Kier alpha value is -0.980. The van der Waals surface area contributed by atoms with E-state index in [-0.39, 0.29) is 0 Å². The summed E-state index contributed by atoms with van der Waals surface area (Å²) in [7, 11) is 0. The number of rotatable bonds is 4. The molecule has 1 aromatic rings. The van der Waals surface area contributed by atoms with Gasteiger partial charge in [0.2, 0.25) is 0 Å². The lowest BCUT2D eigenvalue weighted by Crippen LogP contribution is -1.82. The number of benzene rings is 1. The molecule has 0 radical (unpaired) electrons.